The number of hydrogen-bond acceptors (Lipinski definition) is 3. The zero-order valence-electron chi connectivity index (χ0n) is 14.4. The van der Waals surface area contributed by atoms with Crippen molar-refractivity contribution in [2.24, 2.45) is 5.92 Å². The van der Waals surface area contributed by atoms with Crippen molar-refractivity contribution in [2.75, 3.05) is 0 Å². The van der Waals surface area contributed by atoms with Crippen LogP contribution in [0.4, 0.5) is 4.39 Å². The maximum absolute atomic E-state index is 13.1. The third-order valence-corrected chi connectivity index (χ3v) is 5.30. The molecule has 0 aliphatic carbocycles. The van der Waals surface area contributed by atoms with Crippen LogP contribution in [0.15, 0.2) is 47.6 Å². The molecule has 7 heteroatoms. The van der Waals surface area contributed by atoms with E-state index in [9.17, 15) is 4.39 Å². The molecule has 0 bridgehead atoms. The number of benzene rings is 2. The fourth-order valence-corrected chi connectivity index (χ4v) is 3.92. The molecule has 3 aromatic rings. The number of aromatic nitrogens is 3. The minimum atomic E-state index is -0.235. The highest BCUT2D eigenvalue weighted by atomic mass is 35.5. The van der Waals surface area contributed by atoms with Gasteiger partial charge in [0.1, 0.15) is 5.82 Å². The van der Waals surface area contributed by atoms with Crippen LogP contribution in [0.25, 0.3) is 11.4 Å². The molecule has 0 aliphatic rings. The Morgan fingerprint density at radius 1 is 1.08 bits per heavy atom. The second-order valence-electron chi connectivity index (χ2n) is 6.35. The summed E-state index contributed by atoms with van der Waals surface area (Å²) in [5.41, 5.74) is 1.83. The van der Waals surface area contributed by atoms with Crippen molar-refractivity contribution in [3.05, 3.63) is 63.9 Å². The Kier molecular flexibility index (Phi) is 6.22. The van der Waals surface area contributed by atoms with Gasteiger partial charge in [0.15, 0.2) is 11.0 Å². The lowest BCUT2D eigenvalue weighted by Crippen LogP contribution is -2.08. The smallest absolute Gasteiger partial charge is 0.191 e. The summed E-state index contributed by atoms with van der Waals surface area (Å²) in [4.78, 5) is 0. The Labute approximate surface area is 166 Å². The Morgan fingerprint density at radius 2 is 1.81 bits per heavy atom. The van der Waals surface area contributed by atoms with E-state index in [4.69, 9.17) is 23.2 Å². The van der Waals surface area contributed by atoms with Crippen molar-refractivity contribution >= 4 is 35.0 Å². The van der Waals surface area contributed by atoms with E-state index in [1.54, 1.807) is 36.0 Å². The molecule has 26 heavy (non-hydrogen) atoms. The summed E-state index contributed by atoms with van der Waals surface area (Å²) >= 11 is 13.9. The molecule has 0 spiro atoms. The van der Waals surface area contributed by atoms with Crippen LogP contribution in [-0.4, -0.2) is 14.8 Å². The van der Waals surface area contributed by atoms with Gasteiger partial charge in [-0.05, 0) is 41.8 Å². The van der Waals surface area contributed by atoms with Crippen LogP contribution in [0.1, 0.15) is 19.4 Å². The highest BCUT2D eigenvalue weighted by molar-refractivity contribution is 7.98. The van der Waals surface area contributed by atoms with E-state index in [0.717, 1.165) is 28.7 Å². The molecule has 3 nitrogen and oxygen atoms in total. The maximum atomic E-state index is 13.1. The highest BCUT2D eigenvalue weighted by Gasteiger charge is 2.17. The van der Waals surface area contributed by atoms with E-state index in [0.29, 0.717) is 21.7 Å². The minimum Gasteiger partial charge on any atom is -0.302 e. The van der Waals surface area contributed by atoms with Gasteiger partial charge in [-0.15, -0.1) is 10.2 Å². The molecule has 0 N–H and O–H groups in total. The number of hydrogen-bond donors (Lipinski definition) is 0. The molecular formula is C19H18Cl2FN3S. The number of nitrogens with zero attached hydrogens (tertiary/aromatic N) is 3. The van der Waals surface area contributed by atoms with Gasteiger partial charge < -0.3 is 4.57 Å². The molecule has 0 unspecified atom stereocenters. The molecule has 0 atom stereocenters. The van der Waals surface area contributed by atoms with Crippen LogP contribution in [0.2, 0.25) is 10.0 Å². The van der Waals surface area contributed by atoms with Gasteiger partial charge in [0.25, 0.3) is 0 Å². The fourth-order valence-electron chi connectivity index (χ4n) is 2.52. The molecule has 136 valence electrons. The van der Waals surface area contributed by atoms with Gasteiger partial charge in [-0.1, -0.05) is 60.9 Å². The largest absolute Gasteiger partial charge is 0.302 e. The minimum absolute atomic E-state index is 0.235. The van der Waals surface area contributed by atoms with E-state index < -0.39 is 0 Å². The molecule has 0 radical (unpaired) electrons. The first-order valence-electron chi connectivity index (χ1n) is 8.20. The molecule has 2 aromatic carbocycles. The number of rotatable bonds is 6. The number of thioether (sulfide) groups is 1. The SMILES string of the molecule is CC(C)Cn1c(SCc2ccc(F)cc2)nnc1-c1ccc(Cl)cc1Cl. The van der Waals surface area contributed by atoms with Crippen LogP contribution in [-0.2, 0) is 12.3 Å². The monoisotopic (exact) mass is 409 g/mol. The molecule has 0 fully saturated rings. The first kappa shape index (κ1) is 19.2. The Bertz CT molecular complexity index is 894. The summed E-state index contributed by atoms with van der Waals surface area (Å²) in [6.07, 6.45) is 0. The van der Waals surface area contributed by atoms with Crippen LogP contribution in [0.3, 0.4) is 0 Å². The predicted octanol–water partition coefficient (Wildman–Crippen LogP) is 6.34. The lowest BCUT2D eigenvalue weighted by molar-refractivity contribution is 0.498. The molecule has 0 amide bonds. The first-order valence-corrected chi connectivity index (χ1v) is 9.94. The van der Waals surface area contributed by atoms with E-state index >= 15 is 0 Å². The molecular weight excluding hydrogens is 392 g/mol. The predicted molar refractivity (Wildman–Crippen MR) is 106 cm³/mol. The van der Waals surface area contributed by atoms with Crippen molar-refractivity contribution in [1.82, 2.24) is 14.8 Å². The lowest BCUT2D eigenvalue weighted by atomic mass is 10.2. The van der Waals surface area contributed by atoms with Crippen molar-refractivity contribution in [2.45, 2.75) is 31.3 Å². The summed E-state index contributed by atoms with van der Waals surface area (Å²) in [5, 5.41) is 10.7. The Balaban J connectivity index is 1.90. The van der Waals surface area contributed by atoms with Gasteiger partial charge >= 0.3 is 0 Å². The van der Waals surface area contributed by atoms with Crippen LogP contribution >= 0.6 is 35.0 Å². The maximum Gasteiger partial charge on any atom is 0.191 e. The van der Waals surface area contributed by atoms with Gasteiger partial charge in [-0.3, -0.25) is 0 Å². The summed E-state index contributed by atoms with van der Waals surface area (Å²) < 4.78 is 15.1. The topological polar surface area (TPSA) is 30.7 Å². The second kappa shape index (κ2) is 8.42. The fraction of sp³-hybridized carbons (Fsp3) is 0.263. The van der Waals surface area contributed by atoms with Gasteiger partial charge in [0.05, 0.1) is 5.02 Å². The van der Waals surface area contributed by atoms with E-state index in [2.05, 4.69) is 28.6 Å². The van der Waals surface area contributed by atoms with Crippen LogP contribution in [0, 0.1) is 11.7 Å². The first-order chi connectivity index (χ1) is 12.4. The average molecular weight is 410 g/mol. The zero-order valence-corrected chi connectivity index (χ0v) is 16.7. The average Bonchev–Trinajstić information content (AvgIpc) is 2.96. The molecule has 1 aromatic heterocycles. The van der Waals surface area contributed by atoms with Gasteiger partial charge in [-0.2, -0.15) is 0 Å². The second-order valence-corrected chi connectivity index (χ2v) is 8.14. The van der Waals surface area contributed by atoms with Gasteiger partial charge in [0.2, 0.25) is 0 Å². The molecule has 0 saturated heterocycles. The van der Waals surface area contributed by atoms with E-state index in [1.165, 1.54) is 12.1 Å². The van der Waals surface area contributed by atoms with Gasteiger partial charge in [0, 0.05) is 22.9 Å². The van der Waals surface area contributed by atoms with Crippen molar-refractivity contribution in [1.29, 1.82) is 0 Å². The molecule has 3 rings (SSSR count). The third kappa shape index (κ3) is 4.58. The lowest BCUT2D eigenvalue weighted by Gasteiger charge is -2.13. The molecule has 0 saturated carbocycles. The van der Waals surface area contributed by atoms with Crippen molar-refractivity contribution < 1.29 is 4.39 Å². The summed E-state index contributed by atoms with van der Waals surface area (Å²) in [5.74, 6) is 1.59. The molecule has 0 aliphatic heterocycles. The summed E-state index contributed by atoms with van der Waals surface area (Å²) in [7, 11) is 0. The molecule has 1 heterocycles. The Hall–Kier alpha value is -1.56. The Morgan fingerprint density at radius 3 is 2.46 bits per heavy atom. The zero-order chi connectivity index (χ0) is 18.7. The van der Waals surface area contributed by atoms with E-state index in [-0.39, 0.29) is 5.82 Å². The third-order valence-electron chi connectivity index (χ3n) is 3.72. The van der Waals surface area contributed by atoms with Crippen molar-refractivity contribution in [3.63, 3.8) is 0 Å². The van der Waals surface area contributed by atoms with Gasteiger partial charge in [-0.25, -0.2) is 4.39 Å². The highest BCUT2D eigenvalue weighted by Crippen LogP contribution is 2.32. The quantitative estimate of drug-likeness (QED) is 0.445. The van der Waals surface area contributed by atoms with Crippen molar-refractivity contribution in [3.8, 4) is 11.4 Å². The standard InChI is InChI=1S/C19H18Cl2FN3S/c1-12(2)10-25-18(16-8-5-14(20)9-17(16)21)23-24-19(25)26-11-13-3-6-15(22)7-4-13/h3-9,12H,10-11H2,1-2H3. The van der Waals surface area contributed by atoms with E-state index in [1.807, 2.05) is 6.07 Å². The summed E-state index contributed by atoms with van der Waals surface area (Å²) in [6.45, 7) is 5.05. The van der Waals surface area contributed by atoms with Crippen LogP contribution < -0.4 is 0 Å². The number of halogens is 3. The van der Waals surface area contributed by atoms with Crippen LogP contribution in [0.5, 0.6) is 0 Å². The summed E-state index contributed by atoms with van der Waals surface area (Å²) in [6, 6.07) is 11.9. The normalized spacial score (nSPS) is 11.3.